The van der Waals surface area contributed by atoms with Gasteiger partial charge in [0.05, 0.1) is 17.1 Å². The number of amides is 2. The van der Waals surface area contributed by atoms with Crippen molar-refractivity contribution in [3.63, 3.8) is 0 Å². The molecule has 7 heteroatoms. The number of imide groups is 1. The Balaban J connectivity index is 1.77. The third kappa shape index (κ3) is 3.61. The Hall–Kier alpha value is -4.52. The molecule has 0 fully saturated rings. The fourth-order valence-electron chi connectivity index (χ4n) is 4.49. The molecular formula is C28H24N4O3. The number of para-hydroxylation sites is 1. The Morgan fingerprint density at radius 3 is 2.26 bits per heavy atom. The van der Waals surface area contributed by atoms with E-state index < -0.39 is 17.7 Å². The van der Waals surface area contributed by atoms with E-state index in [1.165, 1.54) is 4.68 Å². The molecule has 0 atom stereocenters. The fourth-order valence-corrected chi connectivity index (χ4v) is 4.49. The van der Waals surface area contributed by atoms with Gasteiger partial charge >= 0.3 is 5.91 Å². The van der Waals surface area contributed by atoms with Crippen molar-refractivity contribution >= 4 is 28.8 Å². The predicted octanol–water partition coefficient (Wildman–Crippen LogP) is 3.35. The van der Waals surface area contributed by atoms with E-state index in [2.05, 4.69) is 5.10 Å². The minimum absolute atomic E-state index is 0.0629. The van der Waals surface area contributed by atoms with Gasteiger partial charge < -0.3 is 5.11 Å². The number of rotatable bonds is 5. The Kier molecular flexibility index (Phi) is 5.53. The summed E-state index contributed by atoms with van der Waals surface area (Å²) in [6.07, 6.45) is 3.81. The topological polar surface area (TPSA) is 82.1 Å². The molecule has 1 aliphatic heterocycles. The second-order valence-corrected chi connectivity index (χ2v) is 8.47. The van der Waals surface area contributed by atoms with Crippen LogP contribution in [0, 0.1) is 13.8 Å². The Morgan fingerprint density at radius 2 is 1.60 bits per heavy atom. The highest BCUT2D eigenvalue weighted by Gasteiger charge is 2.47. The van der Waals surface area contributed by atoms with Crippen molar-refractivity contribution in [2.45, 2.75) is 27.2 Å². The zero-order valence-electron chi connectivity index (χ0n) is 19.7. The van der Waals surface area contributed by atoms with Gasteiger partial charge in [-0.1, -0.05) is 48.9 Å². The molecular weight excluding hydrogens is 440 g/mol. The van der Waals surface area contributed by atoms with Crippen molar-refractivity contribution < 1.29 is 19.3 Å². The van der Waals surface area contributed by atoms with Crippen LogP contribution in [-0.2, 0) is 16.0 Å². The molecule has 174 valence electrons. The van der Waals surface area contributed by atoms with E-state index >= 15 is 0 Å². The third-order valence-electron chi connectivity index (χ3n) is 6.13. The smallest absolute Gasteiger partial charge is 0.331 e. The second kappa shape index (κ2) is 8.68. The van der Waals surface area contributed by atoms with E-state index in [0.717, 1.165) is 16.0 Å². The van der Waals surface area contributed by atoms with Crippen LogP contribution in [0.3, 0.4) is 0 Å². The van der Waals surface area contributed by atoms with Crippen LogP contribution < -0.4 is 14.6 Å². The van der Waals surface area contributed by atoms with Crippen LogP contribution in [-0.4, -0.2) is 21.6 Å². The first-order valence-corrected chi connectivity index (χ1v) is 11.4. The minimum atomic E-state index is -0.542. The second-order valence-electron chi connectivity index (χ2n) is 8.47. The first-order valence-electron chi connectivity index (χ1n) is 11.4. The number of nitrogens with zero attached hydrogens (tertiary/aromatic N) is 4. The first kappa shape index (κ1) is 22.3. The quantitative estimate of drug-likeness (QED) is 0.335. The maximum Gasteiger partial charge on any atom is 0.331 e. The molecule has 0 saturated heterocycles. The maximum atomic E-state index is 13.8. The maximum absolute atomic E-state index is 13.8. The molecule has 0 spiro atoms. The van der Waals surface area contributed by atoms with Gasteiger partial charge in [-0.3, -0.25) is 9.59 Å². The lowest BCUT2D eigenvalue weighted by atomic mass is 10.0. The minimum Gasteiger partial charge on any atom is -0.858 e. The number of pyridine rings is 1. The Morgan fingerprint density at radius 1 is 0.914 bits per heavy atom. The molecule has 0 aliphatic carbocycles. The predicted molar refractivity (Wildman–Crippen MR) is 131 cm³/mol. The average molecular weight is 465 g/mol. The highest BCUT2D eigenvalue weighted by Crippen LogP contribution is 2.39. The molecule has 7 nitrogen and oxygen atoms in total. The highest BCUT2D eigenvalue weighted by molar-refractivity contribution is 6.53. The van der Waals surface area contributed by atoms with Gasteiger partial charge in [-0.25, -0.2) is 9.58 Å². The molecule has 0 bridgehead atoms. The number of hydrogen-bond donors (Lipinski definition) is 0. The van der Waals surface area contributed by atoms with E-state index in [1.807, 2.05) is 51.1 Å². The molecule has 4 aromatic rings. The van der Waals surface area contributed by atoms with E-state index in [0.29, 0.717) is 23.5 Å². The van der Waals surface area contributed by atoms with Crippen molar-refractivity contribution in [1.29, 1.82) is 0 Å². The zero-order chi connectivity index (χ0) is 24.7. The summed E-state index contributed by atoms with van der Waals surface area (Å²) in [7, 11) is 0. The van der Waals surface area contributed by atoms with Crippen LogP contribution in [0.15, 0.2) is 79.1 Å². The Bertz CT molecular complexity index is 1490. The van der Waals surface area contributed by atoms with Crippen LogP contribution in [0.5, 0.6) is 5.88 Å². The third-order valence-corrected chi connectivity index (χ3v) is 6.13. The monoisotopic (exact) mass is 464 g/mol. The normalized spacial score (nSPS) is 13.7. The summed E-state index contributed by atoms with van der Waals surface area (Å²) in [5, 5.41) is 18.4. The molecule has 0 radical (unpaired) electrons. The van der Waals surface area contributed by atoms with E-state index in [1.54, 1.807) is 53.4 Å². The molecule has 2 aromatic carbocycles. The summed E-state index contributed by atoms with van der Waals surface area (Å²) in [4.78, 5) is 28.6. The van der Waals surface area contributed by atoms with E-state index in [4.69, 9.17) is 0 Å². The van der Waals surface area contributed by atoms with Gasteiger partial charge in [0.1, 0.15) is 5.57 Å². The van der Waals surface area contributed by atoms with Crippen molar-refractivity contribution in [2.24, 2.45) is 0 Å². The van der Waals surface area contributed by atoms with Crippen molar-refractivity contribution in [1.82, 2.24) is 9.78 Å². The van der Waals surface area contributed by atoms with Crippen LogP contribution >= 0.6 is 0 Å². The lowest BCUT2D eigenvalue weighted by Gasteiger charge is -2.16. The van der Waals surface area contributed by atoms with Gasteiger partial charge in [0.15, 0.2) is 12.4 Å². The van der Waals surface area contributed by atoms with E-state index in [-0.39, 0.29) is 16.8 Å². The standard InChI is InChI=1S/C28H24N4O3/c1-4-21-23(27(34)32(29-21)22-14-13-18(2)17-19(22)3)24-25(30-15-9-6-10-16-30)28(35)31(26(24)33)20-11-7-5-8-12-20/h5-17H,4H2,1-3H3. The van der Waals surface area contributed by atoms with Crippen molar-refractivity contribution in [3.8, 4) is 11.6 Å². The van der Waals surface area contributed by atoms with Crippen LogP contribution in [0.25, 0.3) is 17.0 Å². The SMILES string of the molecule is CCc1nn(-c2ccc(C)cc2C)c([O-])c1C1=C([n+]2ccccc2)C(=O)N(c2ccccc2)C1=O. The molecule has 0 saturated carbocycles. The highest BCUT2D eigenvalue weighted by atomic mass is 16.3. The summed E-state index contributed by atoms with van der Waals surface area (Å²) in [5.41, 5.74) is 3.88. The number of carbonyl (C=O) groups excluding carboxylic acids is 2. The summed E-state index contributed by atoms with van der Waals surface area (Å²) in [6.45, 7) is 5.78. The molecule has 0 unspecified atom stereocenters. The van der Waals surface area contributed by atoms with Crippen LogP contribution in [0.2, 0.25) is 0 Å². The number of carbonyl (C=O) groups is 2. The number of aromatic nitrogens is 3. The van der Waals surface area contributed by atoms with E-state index in [9.17, 15) is 14.7 Å². The molecule has 2 amide bonds. The Labute approximate surface area is 203 Å². The van der Waals surface area contributed by atoms with Gasteiger partial charge in [0, 0.05) is 17.7 Å². The number of benzene rings is 2. The molecule has 3 heterocycles. The summed E-state index contributed by atoms with van der Waals surface area (Å²) >= 11 is 0. The first-order chi connectivity index (χ1) is 16.9. The molecule has 35 heavy (non-hydrogen) atoms. The molecule has 0 N–H and O–H groups in total. The summed E-state index contributed by atoms with van der Waals surface area (Å²) < 4.78 is 2.93. The summed E-state index contributed by atoms with van der Waals surface area (Å²) in [5.74, 6) is -1.46. The fraction of sp³-hybridized carbons (Fsp3) is 0.143. The summed E-state index contributed by atoms with van der Waals surface area (Å²) in [6, 6.07) is 19.8. The van der Waals surface area contributed by atoms with Gasteiger partial charge in [0.25, 0.3) is 11.6 Å². The molecule has 5 rings (SSSR count). The number of hydrogen-bond acceptors (Lipinski definition) is 4. The molecule has 2 aromatic heterocycles. The van der Waals surface area contributed by atoms with Gasteiger partial charge in [0.2, 0.25) is 0 Å². The lowest BCUT2D eigenvalue weighted by molar-refractivity contribution is -0.576. The van der Waals surface area contributed by atoms with Crippen molar-refractivity contribution in [2.75, 3.05) is 4.90 Å². The zero-order valence-corrected chi connectivity index (χ0v) is 19.7. The number of anilines is 1. The van der Waals surface area contributed by atoms with Crippen LogP contribution in [0.1, 0.15) is 29.3 Å². The van der Waals surface area contributed by atoms with Gasteiger partial charge in [-0.2, -0.15) is 9.67 Å². The number of aryl methyl sites for hydroxylation is 3. The van der Waals surface area contributed by atoms with Crippen molar-refractivity contribution in [3.05, 3.63) is 102 Å². The molecule has 1 aliphatic rings. The average Bonchev–Trinajstić information content (AvgIpc) is 3.32. The largest absolute Gasteiger partial charge is 0.858 e. The van der Waals surface area contributed by atoms with Gasteiger partial charge in [-0.15, -0.1) is 0 Å². The lowest BCUT2D eigenvalue weighted by Crippen LogP contribution is -2.39. The van der Waals surface area contributed by atoms with Crippen LogP contribution in [0.4, 0.5) is 5.69 Å². The van der Waals surface area contributed by atoms with Gasteiger partial charge in [-0.05, 0) is 49.9 Å².